The van der Waals surface area contributed by atoms with Gasteiger partial charge in [0, 0.05) is 7.11 Å². The normalized spacial score (nSPS) is 3.80. The Morgan fingerprint density at radius 3 is 1.60 bits per heavy atom. The summed E-state index contributed by atoms with van der Waals surface area (Å²) in [6.07, 6.45) is 1.75. The van der Waals surface area contributed by atoms with E-state index in [0.29, 0.717) is 0 Å². The topological polar surface area (TPSA) is 20.2 Å². The predicted octanol–water partition coefficient (Wildman–Crippen LogP) is 0.801. The maximum atomic E-state index is 7.00. The lowest BCUT2D eigenvalue weighted by Gasteiger charge is -1.31. The first kappa shape index (κ1) is 8.83. The van der Waals surface area contributed by atoms with Crippen molar-refractivity contribution >= 4 is 0 Å². The molecule has 0 saturated carbocycles. The van der Waals surface area contributed by atoms with Crippen molar-refractivity contribution < 1.29 is 5.11 Å². The van der Waals surface area contributed by atoms with Crippen LogP contribution in [0, 0.1) is 0 Å². The van der Waals surface area contributed by atoms with Crippen LogP contribution in [0.4, 0.5) is 0 Å². The first-order valence-corrected chi connectivity index (χ1v) is 1.43. The van der Waals surface area contributed by atoms with E-state index in [1.165, 1.54) is 0 Å². The van der Waals surface area contributed by atoms with Crippen LogP contribution in [0.3, 0.4) is 0 Å². The summed E-state index contributed by atoms with van der Waals surface area (Å²) in [5.74, 6) is 0. The Kier molecular flexibility index (Phi) is 97.2. The number of aliphatic hydroxyl groups excluding tert-OH is 1. The summed E-state index contributed by atoms with van der Waals surface area (Å²) < 4.78 is 0. The van der Waals surface area contributed by atoms with Crippen LogP contribution in [-0.4, -0.2) is 12.2 Å². The van der Waals surface area contributed by atoms with Crippen molar-refractivity contribution in [2.24, 2.45) is 0 Å². The molecule has 0 aliphatic rings. The van der Waals surface area contributed by atoms with Gasteiger partial charge in [-0.15, -0.1) is 6.58 Å². The highest BCUT2D eigenvalue weighted by atomic mass is 16.2. The van der Waals surface area contributed by atoms with Gasteiger partial charge in [0.05, 0.1) is 0 Å². The monoisotopic (exact) mass is 74.1 g/mol. The third-order valence-electron chi connectivity index (χ3n) is 0. The maximum absolute atomic E-state index is 7.00. The molecule has 0 aliphatic carbocycles. The quantitative estimate of drug-likeness (QED) is 0.421. The van der Waals surface area contributed by atoms with Crippen molar-refractivity contribution in [1.82, 2.24) is 0 Å². The summed E-state index contributed by atoms with van der Waals surface area (Å²) >= 11 is 0. The number of rotatable bonds is 0. The summed E-state index contributed by atoms with van der Waals surface area (Å²) in [6, 6.07) is 0. The van der Waals surface area contributed by atoms with Crippen LogP contribution in [0.25, 0.3) is 0 Å². The molecule has 0 spiro atoms. The summed E-state index contributed by atoms with van der Waals surface area (Å²) in [6.45, 7) is 5.25. The van der Waals surface area contributed by atoms with Crippen molar-refractivity contribution in [2.45, 2.75) is 6.92 Å². The van der Waals surface area contributed by atoms with Crippen LogP contribution < -0.4 is 0 Å². The van der Waals surface area contributed by atoms with E-state index in [9.17, 15) is 0 Å². The van der Waals surface area contributed by atoms with Crippen LogP contribution in [0.15, 0.2) is 12.7 Å². The SMILES string of the molecule is C=CC.CO. The van der Waals surface area contributed by atoms with Gasteiger partial charge in [0.15, 0.2) is 0 Å². The fourth-order valence-electron chi connectivity index (χ4n) is 0. The van der Waals surface area contributed by atoms with E-state index in [1.54, 1.807) is 6.08 Å². The van der Waals surface area contributed by atoms with E-state index in [0.717, 1.165) is 7.11 Å². The lowest BCUT2D eigenvalue weighted by molar-refractivity contribution is 0.399. The standard InChI is InChI=1S/C3H6.CH4O/c1-3-2;1-2/h3H,1H2,2H3;2H,1H3. The highest BCUT2D eigenvalue weighted by molar-refractivity contribution is 4.51. The van der Waals surface area contributed by atoms with Gasteiger partial charge in [0.25, 0.3) is 0 Å². The molecule has 0 aromatic rings. The summed E-state index contributed by atoms with van der Waals surface area (Å²) in [5.41, 5.74) is 0. The predicted molar refractivity (Wildman–Crippen MR) is 24.0 cm³/mol. The third-order valence-corrected chi connectivity index (χ3v) is 0. The largest absolute Gasteiger partial charge is 0.400 e. The van der Waals surface area contributed by atoms with Crippen LogP contribution in [-0.2, 0) is 0 Å². The van der Waals surface area contributed by atoms with Crippen LogP contribution in [0.2, 0.25) is 0 Å². The minimum atomic E-state index is 1.00. The second kappa shape index (κ2) is 55.0. The van der Waals surface area contributed by atoms with Gasteiger partial charge >= 0.3 is 0 Å². The van der Waals surface area contributed by atoms with E-state index < -0.39 is 0 Å². The van der Waals surface area contributed by atoms with Gasteiger partial charge in [-0.05, 0) is 6.92 Å². The molecule has 0 aliphatic heterocycles. The number of aliphatic hydroxyl groups is 1. The van der Waals surface area contributed by atoms with Crippen molar-refractivity contribution in [3.8, 4) is 0 Å². The summed E-state index contributed by atoms with van der Waals surface area (Å²) in [5, 5.41) is 7.00. The Balaban J connectivity index is 0. The molecular weight excluding hydrogens is 64.0 g/mol. The van der Waals surface area contributed by atoms with E-state index in [1.807, 2.05) is 6.92 Å². The minimum absolute atomic E-state index is 1.00. The van der Waals surface area contributed by atoms with E-state index in [2.05, 4.69) is 6.58 Å². The number of hydrogen-bond acceptors (Lipinski definition) is 1. The van der Waals surface area contributed by atoms with Gasteiger partial charge in [-0.2, -0.15) is 0 Å². The van der Waals surface area contributed by atoms with Gasteiger partial charge < -0.3 is 5.11 Å². The number of hydrogen-bond donors (Lipinski definition) is 1. The zero-order valence-corrected chi connectivity index (χ0v) is 3.73. The van der Waals surface area contributed by atoms with Gasteiger partial charge in [-0.3, -0.25) is 0 Å². The zero-order chi connectivity index (χ0) is 4.71. The van der Waals surface area contributed by atoms with Crippen molar-refractivity contribution in [3.63, 3.8) is 0 Å². The molecule has 0 amide bonds. The Morgan fingerprint density at radius 1 is 1.60 bits per heavy atom. The summed E-state index contributed by atoms with van der Waals surface area (Å²) in [4.78, 5) is 0. The maximum Gasteiger partial charge on any atom is 0.0319 e. The van der Waals surface area contributed by atoms with Crippen LogP contribution >= 0.6 is 0 Å². The van der Waals surface area contributed by atoms with E-state index >= 15 is 0 Å². The molecule has 0 aromatic heterocycles. The minimum Gasteiger partial charge on any atom is -0.400 e. The van der Waals surface area contributed by atoms with Gasteiger partial charge in [-0.1, -0.05) is 6.08 Å². The lowest BCUT2D eigenvalue weighted by Crippen LogP contribution is -1.25. The molecule has 0 rings (SSSR count). The van der Waals surface area contributed by atoms with Crippen molar-refractivity contribution in [2.75, 3.05) is 7.11 Å². The molecular formula is C4H10O. The van der Waals surface area contributed by atoms with Gasteiger partial charge in [0.1, 0.15) is 0 Å². The van der Waals surface area contributed by atoms with Crippen LogP contribution in [0.5, 0.6) is 0 Å². The fraction of sp³-hybridized carbons (Fsp3) is 0.500. The van der Waals surface area contributed by atoms with Gasteiger partial charge in [0.2, 0.25) is 0 Å². The Morgan fingerprint density at radius 2 is 1.60 bits per heavy atom. The van der Waals surface area contributed by atoms with Crippen molar-refractivity contribution in [1.29, 1.82) is 0 Å². The molecule has 0 saturated heterocycles. The Hall–Kier alpha value is -0.300. The zero-order valence-electron chi connectivity index (χ0n) is 3.73. The summed E-state index contributed by atoms with van der Waals surface area (Å²) in [7, 11) is 1.00. The second-order valence-electron chi connectivity index (χ2n) is 0.408. The van der Waals surface area contributed by atoms with Gasteiger partial charge in [-0.25, -0.2) is 0 Å². The average Bonchev–Trinajstić information content (AvgIpc) is 1.46. The third kappa shape index (κ3) is 119. The molecule has 1 heteroatoms. The van der Waals surface area contributed by atoms with E-state index in [-0.39, 0.29) is 0 Å². The fourth-order valence-corrected chi connectivity index (χ4v) is 0. The number of allylic oxidation sites excluding steroid dienone is 1. The highest BCUT2D eigenvalue weighted by Crippen LogP contribution is 1.38. The molecule has 0 atom stereocenters. The molecule has 1 N–H and O–H groups in total. The van der Waals surface area contributed by atoms with Crippen molar-refractivity contribution in [3.05, 3.63) is 12.7 Å². The van der Waals surface area contributed by atoms with E-state index in [4.69, 9.17) is 5.11 Å². The first-order valence-electron chi connectivity index (χ1n) is 1.43. The smallest absolute Gasteiger partial charge is 0.0319 e. The molecule has 0 bridgehead atoms. The molecule has 5 heavy (non-hydrogen) atoms. The molecule has 0 fully saturated rings. The molecule has 0 radical (unpaired) electrons. The second-order valence-corrected chi connectivity index (χ2v) is 0.408. The highest BCUT2D eigenvalue weighted by Gasteiger charge is 1.15. The van der Waals surface area contributed by atoms with Crippen LogP contribution in [0.1, 0.15) is 6.92 Å². The lowest BCUT2D eigenvalue weighted by atomic mass is 10.8. The molecule has 0 unspecified atom stereocenters. The molecule has 0 aromatic carbocycles. The Bertz CT molecular complexity index is 11.1. The first-order chi connectivity index (χ1) is 2.41. The molecule has 32 valence electrons. The molecule has 0 heterocycles. The Labute approximate surface area is 32.9 Å². The average molecular weight is 74.1 g/mol. The molecule has 1 nitrogen and oxygen atoms in total.